The largest absolute Gasteiger partial charge is 0.497 e. The Kier molecular flexibility index (Phi) is 6.02. The van der Waals surface area contributed by atoms with Gasteiger partial charge in [0, 0.05) is 0 Å². The zero-order valence-electron chi connectivity index (χ0n) is 14.4. The van der Waals surface area contributed by atoms with E-state index in [9.17, 15) is 0 Å². The van der Waals surface area contributed by atoms with Crippen molar-refractivity contribution in [3.63, 3.8) is 0 Å². The molecule has 114 valence electrons. The molecule has 0 saturated heterocycles. The van der Waals surface area contributed by atoms with E-state index in [0.717, 1.165) is 5.75 Å². The highest BCUT2D eigenvalue weighted by molar-refractivity contribution is 5.39. The predicted octanol–water partition coefficient (Wildman–Crippen LogP) is 5.60. The zero-order valence-corrected chi connectivity index (χ0v) is 14.4. The molecule has 0 aliphatic heterocycles. The van der Waals surface area contributed by atoms with Gasteiger partial charge >= 0.3 is 0 Å². The second kappa shape index (κ2) is 7.31. The molecular weight excluding hydrogens is 256 g/mol. The molecule has 1 nitrogen and oxygen atoms in total. The molecule has 0 aliphatic carbocycles. The Morgan fingerprint density at radius 3 is 1.62 bits per heavy atom. The lowest BCUT2D eigenvalue weighted by Crippen LogP contribution is -2.12. The fourth-order valence-electron chi connectivity index (χ4n) is 2.03. The summed E-state index contributed by atoms with van der Waals surface area (Å²) in [4.78, 5) is 0. The van der Waals surface area contributed by atoms with Crippen LogP contribution in [0.1, 0.15) is 43.0 Å². The number of rotatable bonds is 1. The van der Waals surface area contributed by atoms with Gasteiger partial charge in [-0.05, 0) is 60.6 Å². The van der Waals surface area contributed by atoms with Crippen LogP contribution in [0.25, 0.3) is 0 Å². The standard InChI is InChI=1S/C13H20.C7H8O/c1-9-7-12(13(4,5)6)8-10(2)11(9)3;1-8-7-5-3-2-4-6-7/h7-8H,1-6H3;2-6H,1H3. The second-order valence-corrected chi connectivity index (χ2v) is 6.50. The molecule has 0 atom stereocenters. The van der Waals surface area contributed by atoms with Gasteiger partial charge in [-0.1, -0.05) is 51.1 Å². The van der Waals surface area contributed by atoms with E-state index in [0.29, 0.717) is 0 Å². The van der Waals surface area contributed by atoms with E-state index in [2.05, 4.69) is 53.7 Å². The Bertz CT molecular complexity index is 539. The van der Waals surface area contributed by atoms with Crippen LogP contribution >= 0.6 is 0 Å². The molecule has 0 heterocycles. The van der Waals surface area contributed by atoms with E-state index in [-0.39, 0.29) is 5.41 Å². The number of benzene rings is 2. The van der Waals surface area contributed by atoms with Crippen molar-refractivity contribution in [2.24, 2.45) is 0 Å². The van der Waals surface area contributed by atoms with Crippen molar-refractivity contribution in [3.05, 3.63) is 64.7 Å². The molecule has 0 aliphatic rings. The van der Waals surface area contributed by atoms with Gasteiger partial charge in [0.25, 0.3) is 0 Å². The first-order chi connectivity index (χ1) is 9.75. The van der Waals surface area contributed by atoms with E-state index >= 15 is 0 Å². The van der Waals surface area contributed by atoms with E-state index in [1.165, 1.54) is 22.3 Å². The van der Waals surface area contributed by atoms with Crippen molar-refractivity contribution in [3.8, 4) is 5.75 Å². The van der Waals surface area contributed by atoms with Crippen LogP contribution in [0.15, 0.2) is 42.5 Å². The van der Waals surface area contributed by atoms with Gasteiger partial charge in [0.2, 0.25) is 0 Å². The van der Waals surface area contributed by atoms with Crippen molar-refractivity contribution in [2.45, 2.75) is 47.0 Å². The normalized spacial score (nSPS) is 10.6. The molecule has 0 saturated carbocycles. The van der Waals surface area contributed by atoms with Gasteiger partial charge in [-0.2, -0.15) is 0 Å². The van der Waals surface area contributed by atoms with E-state index in [1.807, 2.05) is 30.3 Å². The van der Waals surface area contributed by atoms with Crippen LogP contribution in [0.3, 0.4) is 0 Å². The lowest BCUT2D eigenvalue weighted by atomic mass is 9.84. The SMILES string of the molecule is COc1ccccc1.Cc1cc(C(C)(C)C)cc(C)c1C. The average molecular weight is 284 g/mol. The first kappa shape index (κ1) is 17.3. The van der Waals surface area contributed by atoms with Crippen LogP contribution in [0.4, 0.5) is 0 Å². The summed E-state index contributed by atoms with van der Waals surface area (Å²) in [5, 5.41) is 0. The molecule has 0 bridgehead atoms. The number of aryl methyl sites for hydroxylation is 2. The predicted molar refractivity (Wildman–Crippen MR) is 92.3 cm³/mol. The van der Waals surface area contributed by atoms with Crippen molar-refractivity contribution >= 4 is 0 Å². The molecule has 2 rings (SSSR count). The first-order valence-corrected chi connectivity index (χ1v) is 7.43. The highest BCUT2D eigenvalue weighted by Gasteiger charge is 2.14. The minimum absolute atomic E-state index is 0.267. The molecule has 0 unspecified atom stereocenters. The summed E-state index contributed by atoms with van der Waals surface area (Å²) in [6.45, 7) is 13.4. The van der Waals surface area contributed by atoms with Gasteiger partial charge in [-0.15, -0.1) is 0 Å². The number of hydrogen-bond donors (Lipinski definition) is 0. The molecule has 0 aromatic heterocycles. The Labute approximate surface area is 130 Å². The minimum Gasteiger partial charge on any atom is -0.497 e. The Hall–Kier alpha value is -1.76. The Morgan fingerprint density at radius 1 is 0.810 bits per heavy atom. The number of ether oxygens (including phenoxy) is 1. The van der Waals surface area contributed by atoms with Gasteiger partial charge in [0.15, 0.2) is 0 Å². The summed E-state index contributed by atoms with van der Waals surface area (Å²) >= 11 is 0. The summed E-state index contributed by atoms with van der Waals surface area (Å²) in [5.74, 6) is 0.910. The summed E-state index contributed by atoms with van der Waals surface area (Å²) in [6.07, 6.45) is 0. The maximum absolute atomic E-state index is 4.91. The van der Waals surface area contributed by atoms with Gasteiger partial charge < -0.3 is 4.74 Å². The van der Waals surface area contributed by atoms with Crippen molar-refractivity contribution < 1.29 is 4.74 Å². The Morgan fingerprint density at radius 2 is 1.29 bits per heavy atom. The van der Waals surface area contributed by atoms with E-state index < -0.39 is 0 Å². The van der Waals surface area contributed by atoms with Crippen LogP contribution in [0.5, 0.6) is 5.75 Å². The third kappa shape index (κ3) is 5.26. The smallest absolute Gasteiger partial charge is 0.118 e. The van der Waals surface area contributed by atoms with Crippen LogP contribution in [0.2, 0.25) is 0 Å². The van der Waals surface area contributed by atoms with Crippen LogP contribution in [-0.2, 0) is 5.41 Å². The first-order valence-electron chi connectivity index (χ1n) is 7.43. The number of methoxy groups -OCH3 is 1. The monoisotopic (exact) mass is 284 g/mol. The maximum Gasteiger partial charge on any atom is 0.118 e. The molecule has 0 amide bonds. The summed E-state index contributed by atoms with van der Waals surface area (Å²) in [6, 6.07) is 14.3. The zero-order chi connectivity index (χ0) is 16.0. The summed E-state index contributed by atoms with van der Waals surface area (Å²) < 4.78 is 4.91. The van der Waals surface area contributed by atoms with Gasteiger partial charge in [0.05, 0.1) is 7.11 Å². The van der Waals surface area contributed by atoms with Gasteiger partial charge in [-0.3, -0.25) is 0 Å². The highest BCUT2D eigenvalue weighted by atomic mass is 16.5. The summed E-state index contributed by atoms with van der Waals surface area (Å²) in [5.41, 5.74) is 5.94. The molecular formula is C20H28O. The van der Waals surface area contributed by atoms with Crippen LogP contribution in [-0.4, -0.2) is 7.11 Å². The van der Waals surface area contributed by atoms with Crippen LogP contribution < -0.4 is 4.74 Å². The third-order valence-electron chi connectivity index (χ3n) is 3.77. The van der Waals surface area contributed by atoms with E-state index in [1.54, 1.807) is 7.11 Å². The third-order valence-corrected chi connectivity index (χ3v) is 3.77. The molecule has 0 N–H and O–H groups in total. The Balaban J connectivity index is 0.000000235. The molecule has 0 spiro atoms. The molecule has 21 heavy (non-hydrogen) atoms. The fourth-order valence-corrected chi connectivity index (χ4v) is 2.03. The summed E-state index contributed by atoms with van der Waals surface area (Å²) in [7, 11) is 1.66. The molecule has 2 aromatic rings. The van der Waals surface area contributed by atoms with Crippen molar-refractivity contribution in [1.82, 2.24) is 0 Å². The maximum atomic E-state index is 4.91. The van der Waals surface area contributed by atoms with Crippen molar-refractivity contribution in [2.75, 3.05) is 7.11 Å². The molecule has 2 aromatic carbocycles. The molecule has 0 fully saturated rings. The van der Waals surface area contributed by atoms with E-state index in [4.69, 9.17) is 4.74 Å². The number of para-hydroxylation sites is 1. The van der Waals surface area contributed by atoms with Gasteiger partial charge in [-0.25, -0.2) is 0 Å². The quantitative estimate of drug-likeness (QED) is 0.662. The lowest BCUT2D eigenvalue weighted by molar-refractivity contribution is 0.415. The highest BCUT2D eigenvalue weighted by Crippen LogP contribution is 2.26. The lowest BCUT2D eigenvalue weighted by Gasteiger charge is -2.21. The van der Waals surface area contributed by atoms with Gasteiger partial charge in [0.1, 0.15) is 5.75 Å². The second-order valence-electron chi connectivity index (χ2n) is 6.50. The fraction of sp³-hybridized carbons (Fsp3) is 0.400. The number of hydrogen-bond acceptors (Lipinski definition) is 1. The van der Waals surface area contributed by atoms with Crippen molar-refractivity contribution in [1.29, 1.82) is 0 Å². The molecule has 1 heteroatoms. The van der Waals surface area contributed by atoms with Crippen LogP contribution in [0, 0.1) is 20.8 Å². The molecule has 0 radical (unpaired) electrons. The minimum atomic E-state index is 0.267. The average Bonchev–Trinajstić information content (AvgIpc) is 2.44. The topological polar surface area (TPSA) is 9.23 Å².